The van der Waals surface area contributed by atoms with E-state index in [-0.39, 0.29) is 11.9 Å². The number of rotatable bonds is 5. The third-order valence-corrected chi connectivity index (χ3v) is 6.58. The summed E-state index contributed by atoms with van der Waals surface area (Å²) in [4.78, 5) is 13.4. The van der Waals surface area contributed by atoms with Crippen molar-refractivity contribution >= 4 is 35.0 Å². The van der Waals surface area contributed by atoms with Gasteiger partial charge in [-0.1, -0.05) is 66.2 Å². The molecule has 2 aromatic carbocycles. The highest BCUT2D eigenvalue weighted by atomic mass is 35.5. The number of carbonyl (C=O) groups excluding carboxylic acids is 1. The van der Waals surface area contributed by atoms with Crippen LogP contribution in [0.15, 0.2) is 47.6 Å². The lowest BCUT2D eigenvalue weighted by molar-refractivity contribution is -0.116. The molecular weight excluding hydrogens is 418 g/mol. The predicted molar refractivity (Wildman–Crippen MR) is 122 cm³/mol. The van der Waals surface area contributed by atoms with Crippen molar-refractivity contribution in [3.05, 3.63) is 70.0 Å². The molecule has 2 N–H and O–H groups in total. The van der Waals surface area contributed by atoms with Crippen molar-refractivity contribution < 1.29 is 4.79 Å². The van der Waals surface area contributed by atoms with Gasteiger partial charge >= 0.3 is 0 Å². The molecule has 156 valence electrons. The molecule has 0 fully saturated rings. The SMILES string of the molecule is CCCc1nnc2n1N[C@H](c1ccc(C)cc1)[C@@H](C(=O)Nc1cc(Cl)ccc1C)S2. The van der Waals surface area contributed by atoms with Gasteiger partial charge in [0.2, 0.25) is 11.1 Å². The third-order valence-electron chi connectivity index (χ3n) is 5.13. The van der Waals surface area contributed by atoms with E-state index in [1.54, 1.807) is 6.07 Å². The topological polar surface area (TPSA) is 71.8 Å². The Bertz CT molecular complexity index is 1070. The van der Waals surface area contributed by atoms with Gasteiger partial charge in [-0.3, -0.25) is 4.79 Å². The summed E-state index contributed by atoms with van der Waals surface area (Å²) in [6.07, 6.45) is 1.79. The number of amides is 1. The summed E-state index contributed by atoms with van der Waals surface area (Å²) < 4.78 is 1.92. The number of nitrogens with one attached hydrogen (secondary N) is 2. The van der Waals surface area contributed by atoms with Crippen LogP contribution in [0.3, 0.4) is 0 Å². The van der Waals surface area contributed by atoms with Crippen LogP contribution in [-0.2, 0) is 11.2 Å². The van der Waals surface area contributed by atoms with Crippen LogP contribution in [0, 0.1) is 13.8 Å². The number of nitrogens with zero attached hydrogens (tertiary/aromatic N) is 3. The summed E-state index contributed by atoms with van der Waals surface area (Å²) in [5.41, 5.74) is 7.39. The Morgan fingerprint density at radius 2 is 1.97 bits per heavy atom. The number of fused-ring (bicyclic) bond motifs is 1. The van der Waals surface area contributed by atoms with Crippen molar-refractivity contribution in [2.75, 3.05) is 10.7 Å². The van der Waals surface area contributed by atoms with Crippen molar-refractivity contribution in [2.45, 2.75) is 50.1 Å². The van der Waals surface area contributed by atoms with Gasteiger partial charge in [-0.25, -0.2) is 4.68 Å². The Labute approximate surface area is 185 Å². The first kappa shape index (κ1) is 20.8. The molecule has 0 aliphatic carbocycles. The predicted octanol–water partition coefficient (Wildman–Crippen LogP) is 4.90. The second-order valence-electron chi connectivity index (χ2n) is 7.49. The van der Waals surface area contributed by atoms with Gasteiger partial charge in [0.25, 0.3) is 0 Å². The highest BCUT2D eigenvalue weighted by molar-refractivity contribution is 8.00. The first-order chi connectivity index (χ1) is 14.5. The van der Waals surface area contributed by atoms with Gasteiger partial charge < -0.3 is 10.7 Å². The molecule has 0 saturated carbocycles. The summed E-state index contributed by atoms with van der Waals surface area (Å²) in [6, 6.07) is 13.5. The number of anilines is 1. The van der Waals surface area contributed by atoms with E-state index in [0.29, 0.717) is 10.2 Å². The molecule has 0 spiro atoms. The van der Waals surface area contributed by atoms with E-state index in [0.717, 1.165) is 35.5 Å². The second kappa shape index (κ2) is 8.70. The second-order valence-corrected chi connectivity index (χ2v) is 9.03. The van der Waals surface area contributed by atoms with Crippen LogP contribution in [0.25, 0.3) is 0 Å². The van der Waals surface area contributed by atoms with Gasteiger partial charge in [0, 0.05) is 17.1 Å². The molecule has 0 saturated heterocycles. The van der Waals surface area contributed by atoms with Crippen LogP contribution in [-0.4, -0.2) is 26.0 Å². The number of aryl methyl sites for hydroxylation is 3. The minimum atomic E-state index is -0.419. The molecule has 1 aromatic heterocycles. The monoisotopic (exact) mass is 441 g/mol. The van der Waals surface area contributed by atoms with Crippen LogP contribution >= 0.6 is 23.4 Å². The van der Waals surface area contributed by atoms with E-state index in [1.165, 1.54) is 17.3 Å². The minimum Gasteiger partial charge on any atom is -0.325 e. The van der Waals surface area contributed by atoms with Crippen LogP contribution in [0.4, 0.5) is 5.69 Å². The van der Waals surface area contributed by atoms with Gasteiger partial charge in [0.15, 0.2) is 5.82 Å². The van der Waals surface area contributed by atoms with Crippen molar-refractivity contribution in [1.82, 2.24) is 14.9 Å². The number of benzene rings is 2. The zero-order valence-electron chi connectivity index (χ0n) is 17.1. The van der Waals surface area contributed by atoms with Crippen molar-refractivity contribution in [1.29, 1.82) is 0 Å². The third kappa shape index (κ3) is 4.18. The first-order valence-electron chi connectivity index (χ1n) is 9.97. The van der Waals surface area contributed by atoms with Crippen molar-refractivity contribution in [3.8, 4) is 0 Å². The van der Waals surface area contributed by atoms with Crippen LogP contribution in [0.1, 0.15) is 41.9 Å². The molecule has 2 atom stereocenters. The quantitative estimate of drug-likeness (QED) is 0.589. The number of hydrogen-bond acceptors (Lipinski definition) is 5. The summed E-state index contributed by atoms with van der Waals surface area (Å²) in [6.45, 7) is 6.11. The minimum absolute atomic E-state index is 0.102. The molecule has 0 bridgehead atoms. The molecule has 2 heterocycles. The Morgan fingerprint density at radius 3 is 2.70 bits per heavy atom. The fourth-order valence-corrected chi connectivity index (χ4v) is 4.71. The smallest absolute Gasteiger partial charge is 0.240 e. The Balaban J connectivity index is 1.68. The lowest BCUT2D eigenvalue weighted by Crippen LogP contribution is -2.41. The van der Waals surface area contributed by atoms with E-state index in [1.807, 2.05) is 23.7 Å². The Morgan fingerprint density at radius 1 is 1.20 bits per heavy atom. The van der Waals surface area contributed by atoms with Gasteiger partial charge in [0.05, 0.1) is 6.04 Å². The average molecular weight is 442 g/mol. The van der Waals surface area contributed by atoms with Gasteiger partial charge in [-0.15, -0.1) is 10.2 Å². The maximum Gasteiger partial charge on any atom is 0.240 e. The average Bonchev–Trinajstić information content (AvgIpc) is 3.12. The zero-order valence-corrected chi connectivity index (χ0v) is 18.7. The lowest BCUT2D eigenvalue weighted by atomic mass is 10.0. The molecule has 3 aromatic rings. The maximum atomic E-state index is 13.4. The summed E-state index contributed by atoms with van der Waals surface area (Å²) >= 11 is 7.56. The summed E-state index contributed by atoms with van der Waals surface area (Å²) in [5, 5.41) is 12.5. The standard InChI is InChI=1S/C22H24ClN5OS/c1-4-5-18-25-26-22-28(18)27-19(15-9-6-13(2)7-10-15)20(30-22)21(29)24-17-12-16(23)11-8-14(17)3/h6-12,19-20,27H,4-5H2,1-3H3,(H,24,29)/t19-,20+/m1/s1. The van der Waals surface area contributed by atoms with Crippen LogP contribution < -0.4 is 10.7 Å². The van der Waals surface area contributed by atoms with Crippen molar-refractivity contribution in [3.63, 3.8) is 0 Å². The molecule has 8 heteroatoms. The molecule has 1 aliphatic heterocycles. The molecule has 0 radical (unpaired) electrons. The fourth-order valence-electron chi connectivity index (χ4n) is 3.44. The van der Waals surface area contributed by atoms with Crippen LogP contribution in [0.2, 0.25) is 5.02 Å². The normalized spacial score (nSPS) is 17.9. The van der Waals surface area contributed by atoms with E-state index in [2.05, 4.69) is 59.1 Å². The molecule has 30 heavy (non-hydrogen) atoms. The number of carbonyl (C=O) groups is 1. The van der Waals surface area contributed by atoms with E-state index >= 15 is 0 Å². The first-order valence-corrected chi connectivity index (χ1v) is 11.2. The number of thioether (sulfide) groups is 1. The van der Waals surface area contributed by atoms with Gasteiger partial charge in [0.1, 0.15) is 5.25 Å². The maximum absolute atomic E-state index is 13.4. The Kier molecular flexibility index (Phi) is 6.01. The van der Waals surface area contributed by atoms with E-state index < -0.39 is 5.25 Å². The molecule has 1 amide bonds. The fraction of sp³-hybridized carbons (Fsp3) is 0.318. The van der Waals surface area contributed by atoms with Crippen molar-refractivity contribution in [2.24, 2.45) is 0 Å². The molecular formula is C22H24ClN5OS. The largest absolute Gasteiger partial charge is 0.325 e. The highest BCUT2D eigenvalue weighted by Crippen LogP contribution is 2.38. The molecule has 4 rings (SSSR count). The molecule has 6 nitrogen and oxygen atoms in total. The van der Waals surface area contributed by atoms with Gasteiger partial charge in [-0.05, 0) is 43.5 Å². The number of halogens is 1. The summed E-state index contributed by atoms with van der Waals surface area (Å²) in [7, 11) is 0. The lowest BCUT2D eigenvalue weighted by Gasteiger charge is -2.33. The number of aromatic nitrogens is 3. The summed E-state index contributed by atoms with van der Waals surface area (Å²) in [5.74, 6) is 0.774. The molecule has 0 unspecified atom stereocenters. The van der Waals surface area contributed by atoms with E-state index in [4.69, 9.17) is 11.6 Å². The van der Waals surface area contributed by atoms with Gasteiger partial charge in [-0.2, -0.15) is 0 Å². The highest BCUT2D eigenvalue weighted by Gasteiger charge is 2.37. The molecule has 1 aliphatic rings. The number of hydrogen-bond donors (Lipinski definition) is 2. The van der Waals surface area contributed by atoms with E-state index in [9.17, 15) is 4.79 Å². The Hall–Kier alpha value is -2.51. The van der Waals surface area contributed by atoms with Crippen LogP contribution in [0.5, 0.6) is 0 Å². The zero-order chi connectivity index (χ0) is 21.3.